The highest BCUT2D eigenvalue weighted by atomic mass is 32.1. The van der Waals surface area contributed by atoms with Crippen molar-refractivity contribution in [3.63, 3.8) is 0 Å². The minimum atomic E-state index is 0. The van der Waals surface area contributed by atoms with Gasteiger partial charge in [0.25, 0.3) is 5.91 Å². The summed E-state index contributed by atoms with van der Waals surface area (Å²) in [6, 6.07) is 8.18. The molecule has 4 rings (SSSR count). The topological polar surface area (TPSA) is 58.2 Å². The van der Waals surface area contributed by atoms with E-state index >= 15 is 0 Å². The van der Waals surface area contributed by atoms with E-state index in [1.165, 1.54) is 0 Å². The Morgan fingerprint density at radius 3 is 3.25 bits per heavy atom. The van der Waals surface area contributed by atoms with E-state index in [2.05, 4.69) is 9.97 Å². The van der Waals surface area contributed by atoms with Crippen molar-refractivity contribution in [2.75, 3.05) is 20.3 Å². The molecular formula is C18H21N3O2S. The number of hydrogen-bond donors (Lipinski definition) is 1. The first-order chi connectivity index (χ1) is 11.8. The Morgan fingerprint density at radius 1 is 1.46 bits per heavy atom. The maximum Gasteiger partial charge on any atom is 0.264 e. The predicted molar refractivity (Wildman–Crippen MR) is 97.5 cm³/mol. The van der Waals surface area contributed by atoms with Gasteiger partial charge in [0.05, 0.1) is 17.5 Å². The molecule has 0 unspecified atom stereocenters. The van der Waals surface area contributed by atoms with E-state index in [1.807, 2.05) is 35.4 Å². The third kappa shape index (κ3) is 2.61. The number of ether oxygens (including phenoxy) is 1. The molecule has 5 nitrogen and oxygen atoms in total. The average Bonchev–Trinajstić information content (AvgIpc) is 3.34. The highest BCUT2D eigenvalue weighted by molar-refractivity contribution is 7.17. The van der Waals surface area contributed by atoms with Crippen molar-refractivity contribution in [2.24, 2.45) is 0 Å². The van der Waals surface area contributed by atoms with Crippen LogP contribution in [0.3, 0.4) is 0 Å². The van der Waals surface area contributed by atoms with Crippen LogP contribution in [0.1, 0.15) is 23.9 Å². The standard InChI is InChI=1S/C18H19N3O2S.H2/c1-23-11-12-3-2-10-21(12)18(22)16-5-4-15(24-16)13-6-8-19-17-14(13)7-9-20-17;/h4-9,12H,2-3,10-11H2,1H3,(H,19,20);1H/t12-;/m0./s1. The number of carbonyl (C=O) groups excluding carboxylic acids is 1. The van der Waals surface area contributed by atoms with Crippen molar-refractivity contribution in [1.29, 1.82) is 0 Å². The van der Waals surface area contributed by atoms with E-state index < -0.39 is 0 Å². The van der Waals surface area contributed by atoms with Crippen LogP contribution in [0.15, 0.2) is 36.7 Å². The maximum absolute atomic E-state index is 12.9. The van der Waals surface area contributed by atoms with Gasteiger partial charge in [0.15, 0.2) is 0 Å². The lowest BCUT2D eigenvalue weighted by atomic mass is 10.1. The molecule has 0 aromatic carbocycles. The number of rotatable bonds is 4. The number of likely N-dealkylation sites (tertiary alicyclic amines) is 1. The molecule has 0 bridgehead atoms. The number of aromatic amines is 1. The summed E-state index contributed by atoms with van der Waals surface area (Å²) in [5.74, 6) is 0.116. The number of fused-ring (bicyclic) bond motifs is 1. The molecule has 3 aromatic rings. The van der Waals surface area contributed by atoms with E-state index in [0.29, 0.717) is 6.61 Å². The van der Waals surface area contributed by atoms with Gasteiger partial charge in [-0.1, -0.05) is 0 Å². The lowest BCUT2D eigenvalue weighted by molar-refractivity contribution is 0.0635. The van der Waals surface area contributed by atoms with Gasteiger partial charge in [-0.25, -0.2) is 4.98 Å². The summed E-state index contributed by atoms with van der Waals surface area (Å²) >= 11 is 1.55. The van der Waals surface area contributed by atoms with Crippen LogP contribution in [0.25, 0.3) is 21.5 Å². The molecule has 0 radical (unpaired) electrons. The number of thiophene rings is 1. The van der Waals surface area contributed by atoms with Crippen LogP contribution < -0.4 is 0 Å². The average molecular weight is 343 g/mol. The predicted octanol–water partition coefficient (Wildman–Crippen LogP) is 3.79. The number of methoxy groups -OCH3 is 1. The summed E-state index contributed by atoms with van der Waals surface area (Å²) in [6.45, 7) is 1.43. The molecule has 1 aliphatic rings. The zero-order valence-corrected chi connectivity index (χ0v) is 14.3. The first-order valence-corrected chi connectivity index (χ1v) is 8.92. The number of hydrogen-bond acceptors (Lipinski definition) is 4. The van der Waals surface area contributed by atoms with Crippen molar-refractivity contribution in [3.8, 4) is 10.4 Å². The molecular weight excluding hydrogens is 322 g/mol. The number of pyridine rings is 1. The van der Waals surface area contributed by atoms with Gasteiger partial charge >= 0.3 is 0 Å². The molecule has 0 saturated carbocycles. The second-order valence-corrected chi connectivity index (χ2v) is 7.10. The summed E-state index contributed by atoms with van der Waals surface area (Å²) in [4.78, 5) is 24.1. The Morgan fingerprint density at radius 2 is 2.38 bits per heavy atom. The van der Waals surface area contributed by atoms with Gasteiger partial charge in [-0.2, -0.15) is 0 Å². The zero-order valence-electron chi connectivity index (χ0n) is 13.5. The fraction of sp³-hybridized carbons (Fsp3) is 0.333. The van der Waals surface area contributed by atoms with Crippen molar-refractivity contribution >= 4 is 28.3 Å². The van der Waals surface area contributed by atoms with E-state index in [0.717, 1.165) is 45.7 Å². The first-order valence-electron chi connectivity index (χ1n) is 8.10. The number of nitrogens with one attached hydrogen (secondary N) is 1. The van der Waals surface area contributed by atoms with Gasteiger partial charge in [0, 0.05) is 43.3 Å². The van der Waals surface area contributed by atoms with Gasteiger partial charge in [-0.05, 0) is 37.1 Å². The minimum absolute atomic E-state index is 0. The molecule has 1 atom stereocenters. The highest BCUT2D eigenvalue weighted by Gasteiger charge is 2.30. The lowest BCUT2D eigenvalue weighted by Crippen LogP contribution is -2.37. The molecule has 0 spiro atoms. The zero-order chi connectivity index (χ0) is 16.5. The number of aromatic nitrogens is 2. The van der Waals surface area contributed by atoms with Gasteiger partial charge in [0.2, 0.25) is 0 Å². The number of carbonyl (C=O) groups is 1. The maximum atomic E-state index is 12.9. The first kappa shape index (κ1) is 15.4. The van der Waals surface area contributed by atoms with Crippen LogP contribution in [0.5, 0.6) is 0 Å². The van der Waals surface area contributed by atoms with Crippen LogP contribution in [-0.2, 0) is 4.74 Å². The molecule has 4 heterocycles. The number of nitrogens with zero attached hydrogens (tertiary/aromatic N) is 2. The summed E-state index contributed by atoms with van der Waals surface area (Å²) in [7, 11) is 1.69. The van der Waals surface area contributed by atoms with Gasteiger partial charge in [-0.3, -0.25) is 4.79 Å². The van der Waals surface area contributed by atoms with E-state index in [9.17, 15) is 4.79 Å². The van der Waals surface area contributed by atoms with Crippen LogP contribution in [-0.4, -0.2) is 47.1 Å². The van der Waals surface area contributed by atoms with Crippen molar-refractivity contribution in [1.82, 2.24) is 14.9 Å². The van der Waals surface area contributed by atoms with Gasteiger partial charge in [0.1, 0.15) is 5.65 Å². The van der Waals surface area contributed by atoms with Crippen LogP contribution in [0, 0.1) is 0 Å². The Balaban J connectivity index is 0.00000182. The van der Waals surface area contributed by atoms with Gasteiger partial charge in [-0.15, -0.1) is 11.3 Å². The highest BCUT2D eigenvalue weighted by Crippen LogP contribution is 2.34. The van der Waals surface area contributed by atoms with E-state index in [-0.39, 0.29) is 13.4 Å². The summed E-state index contributed by atoms with van der Waals surface area (Å²) in [5, 5.41) is 1.08. The molecule has 24 heavy (non-hydrogen) atoms. The Kier molecular flexibility index (Phi) is 4.08. The second kappa shape index (κ2) is 6.37. The smallest absolute Gasteiger partial charge is 0.264 e. The Hall–Kier alpha value is -2.18. The molecule has 6 heteroatoms. The molecule has 0 aliphatic carbocycles. The van der Waals surface area contributed by atoms with Crippen LogP contribution in [0.4, 0.5) is 0 Å². The summed E-state index contributed by atoms with van der Waals surface area (Å²) in [6.07, 6.45) is 5.75. The van der Waals surface area contributed by atoms with Crippen molar-refractivity contribution in [2.45, 2.75) is 18.9 Å². The molecule has 126 valence electrons. The Bertz CT molecular complexity index is 876. The lowest BCUT2D eigenvalue weighted by Gasteiger charge is -2.23. The Labute approximate surface area is 145 Å². The fourth-order valence-corrected chi connectivity index (χ4v) is 4.39. The molecule has 1 aliphatic heterocycles. The SMILES string of the molecule is COC[C@@H]1CCCN1C(=O)c1ccc(-c2ccnc3[nH]ccc23)s1.[HH]. The molecule has 1 fully saturated rings. The largest absolute Gasteiger partial charge is 0.383 e. The quantitative estimate of drug-likeness (QED) is 0.784. The third-order valence-electron chi connectivity index (χ3n) is 4.54. The monoisotopic (exact) mass is 343 g/mol. The summed E-state index contributed by atoms with van der Waals surface area (Å²) < 4.78 is 5.25. The fourth-order valence-electron chi connectivity index (χ4n) is 3.38. The minimum Gasteiger partial charge on any atom is -0.383 e. The molecule has 1 saturated heterocycles. The van der Waals surface area contributed by atoms with Crippen LogP contribution in [0.2, 0.25) is 0 Å². The molecule has 3 aromatic heterocycles. The normalized spacial score (nSPS) is 17.7. The van der Waals surface area contributed by atoms with E-state index in [4.69, 9.17) is 4.74 Å². The third-order valence-corrected chi connectivity index (χ3v) is 5.65. The molecule has 1 N–H and O–H groups in total. The van der Waals surface area contributed by atoms with Crippen molar-refractivity contribution in [3.05, 3.63) is 41.5 Å². The van der Waals surface area contributed by atoms with Crippen molar-refractivity contribution < 1.29 is 11.0 Å². The summed E-state index contributed by atoms with van der Waals surface area (Å²) in [5.41, 5.74) is 1.98. The second-order valence-electron chi connectivity index (χ2n) is 6.01. The molecule has 1 amide bonds. The number of amides is 1. The van der Waals surface area contributed by atoms with Gasteiger partial charge < -0.3 is 14.6 Å². The number of H-pyrrole nitrogens is 1. The van der Waals surface area contributed by atoms with Crippen LogP contribution >= 0.6 is 11.3 Å². The van der Waals surface area contributed by atoms with E-state index in [1.54, 1.807) is 24.6 Å².